The third-order valence-electron chi connectivity index (χ3n) is 3.40. The second-order valence-electron chi connectivity index (χ2n) is 5.87. The summed E-state index contributed by atoms with van der Waals surface area (Å²) in [7, 11) is 1.64. The van der Waals surface area contributed by atoms with Crippen LogP contribution in [0, 0.1) is 5.41 Å². The molecule has 1 unspecified atom stereocenters. The van der Waals surface area contributed by atoms with Gasteiger partial charge < -0.3 is 16.0 Å². The maximum absolute atomic E-state index is 11.8. The molecule has 3 N–H and O–H groups in total. The van der Waals surface area contributed by atoms with Crippen molar-refractivity contribution in [3.05, 3.63) is 29.8 Å². The van der Waals surface area contributed by atoms with Gasteiger partial charge in [0.05, 0.1) is 5.41 Å². The van der Waals surface area contributed by atoms with Crippen LogP contribution in [0.2, 0.25) is 0 Å². The standard InChI is InChI=1S/C16H25N3O2/c1-11(18-10-16(3,4)15(21)17-5)13-7-6-8-14(9-13)19-12(2)20/h6-9,11,18H,10H2,1-5H3,(H,17,21)(H,19,20). The molecule has 0 aliphatic heterocycles. The minimum atomic E-state index is -0.474. The van der Waals surface area contributed by atoms with Gasteiger partial charge in [-0.25, -0.2) is 0 Å². The van der Waals surface area contributed by atoms with Gasteiger partial charge in [-0.3, -0.25) is 9.59 Å². The predicted molar refractivity (Wildman–Crippen MR) is 85.0 cm³/mol. The van der Waals surface area contributed by atoms with Crippen LogP contribution in [0.1, 0.15) is 39.3 Å². The number of hydrogen-bond acceptors (Lipinski definition) is 3. The zero-order valence-corrected chi connectivity index (χ0v) is 13.4. The van der Waals surface area contributed by atoms with Crippen molar-refractivity contribution in [2.75, 3.05) is 18.9 Å². The zero-order chi connectivity index (χ0) is 16.0. The topological polar surface area (TPSA) is 70.2 Å². The Morgan fingerprint density at radius 2 is 1.95 bits per heavy atom. The highest BCUT2D eigenvalue weighted by atomic mass is 16.2. The average Bonchev–Trinajstić information content (AvgIpc) is 2.43. The monoisotopic (exact) mass is 291 g/mol. The van der Waals surface area contributed by atoms with Gasteiger partial charge in [0, 0.05) is 32.2 Å². The van der Waals surface area contributed by atoms with Crippen molar-refractivity contribution < 1.29 is 9.59 Å². The third-order valence-corrected chi connectivity index (χ3v) is 3.40. The first-order chi connectivity index (χ1) is 9.76. The quantitative estimate of drug-likeness (QED) is 0.751. The lowest BCUT2D eigenvalue weighted by atomic mass is 9.91. The van der Waals surface area contributed by atoms with E-state index in [1.165, 1.54) is 6.92 Å². The number of anilines is 1. The Hall–Kier alpha value is -1.88. The summed E-state index contributed by atoms with van der Waals surface area (Å²) in [4.78, 5) is 22.8. The maximum Gasteiger partial charge on any atom is 0.226 e. The minimum absolute atomic E-state index is 0.00852. The van der Waals surface area contributed by atoms with Crippen LogP contribution in [0.4, 0.5) is 5.69 Å². The van der Waals surface area contributed by atoms with Crippen LogP contribution < -0.4 is 16.0 Å². The molecule has 5 nitrogen and oxygen atoms in total. The Balaban J connectivity index is 2.69. The van der Waals surface area contributed by atoms with Crippen molar-refractivity contribution in [3.8, 4) is 0 Å². The minimum Gasteiger partial charge on any atom is -0.359 e. The molecule has 0 bridgehead atoms. The summed E-state index contributed by atoms with van der Waals surface area (Å²) in [6, 6.07) is 7.78. The number of rotatable bonds is 6. The van der Waals surface area contributed by atoms with Crippen molar-refractivity contribution in [2.24, 2.45) is 5.41 Å². The SMILES string of the molecule is CNC(=O)C(C)(C)CNC(C)c1cccc(NC(C)=O)c1. The Bertz CT molecular complexity index is 512. The van der Waals surface area contributed by atoms with Gasteiger partial charge in [0.15, 0.2) is 0 Å². The molecule has 0 heterocycles. The van der Waals surface area contributed by atoms with E-state index in [9.17, 15) is 9.59 Å². The highest BCUT2D eigenvalue weighted by molar-refractivity contribution is 5.88. The molecular formula is C16H25N3O2. The lowest BCUT2D eigenvalue weighted by Crippen LogP contribution is -2.42. The van der Waals surface area contributed by atoms with Crippen molar-refractivity contribution >= 4 is 17.5 Å². The second kappa shape index (κ2) is 7.22. The lowest BCUT2D eigenvalue weighted by molar-refractivity contribution is -0.128. The fraction of sp³-hybridized carbons (Fsp3) is 0.500. The van der Waals surface area contributed by atoms with E-state index in [1.54, 1.807) is 7.05 Å². The summed E-state index contributed by atoms with van der Waals surface area (Å²) >= 11 is 0. The molecule has 1 aromatic carbocycles. The predicted octanol–water partition coefficient (Wildman–Crippen LogP) is 2.07. The van der Waals surface area contributed by atoms with Crippen LogP contribution in [0.25, 0.3) is 0 Å². The summed E-state index contributed by atoms with van der Waals surface area (Å²) in [5, 5.41) is 8.80. The van der Waals surface area contributed by atoms with Crippen molar-refractivity contribution in [3.63, 3.8) is 0 Å². The van der Waals surface area contributed by atoms with E-state index in [0.29, 0.717) is 6.54 Å². The molecule has 0 saturated heterocycles. The normalized spacial score (nSPS) is 12.6. The Labute approximate surface area is 126 Å². The molecule has 21 heavy (non-hydrogen) atoms. The van der Waals surface area contributed by atoms with E-state index in [2.05, 4.69) is 16.0 Å². The van der Waals surface area contributed by atoms with Crippen LogP contribution in [-0.4, -0.2) is 25.4 Å². The van der Waals surface area contributed by atoms with Gasteiger partial charge in [-0.05, 0) is 38.5 Å². The van der Waals surface area contributed by atoms with E-state index in [0.717, 1.165) is 11.3 Å². The Morgan fingerprint density at radius 3 is 2.52 bits per heavy atom. The lowest BCUT2D eigenvalue weighted by Gasteiger charge is -2.25. The van der Waals surface area contributed by atoms with Gasteiger partial charge in [-0.1, -0.05) is 12.1 Å². The fourth-order valence-corrected chi connectivity index (χ4v) is 2.03. The summed E-state index contributed by atoms with van der Waals surface area (Å²) < 4.78 is 0. The Morgan fingerprint density at radius 1 is 1.29 bits per heavy atom. The molecule has 1 atom stereocenters. The number of nitrogens with one attached hydrogen (secondary N) is 3. The fourth-order valence-electron chi connectivity index (χ4n) is 2.03. The van der Waals surface area contributed by atoms with Gasteiger partial charge in [0.1, 0.15) is 0 Å². The van der Waals surface area contributed by atoms with E-state index in [-0.39, 0.29) is 17.9 Å². The maximum atomic E-state index is 11.8. The van der Waals surface area contributed by atoms with Crippen molar-refractivity contribution in [1.29, 1.82) is 0 Å². The summed E-state index contributed by atoms with van der Waals surface area (Å²) in [5.41, 5.74) is 1.37. The molecule has 0 aliphatic rings. The molecular weight excluding hydrogens is 266 g/mol. The van der Waals surface area contributed by atoms with Crippen molar-refractivity contribution in [2.45, 2.75) is 33.7 Å². The molecule has 0 fully saturated rings. The largest absolute Gasteiger partial charge is 0.359 e. The van der Waals surface area contributed by atoms with E-state index in [4.69, 9.17) is 0 Å². The van der Waals surface area contributed by atoms with Crippen LogP contribution >= 0.6 is 0 Å². The molecule has 5 heteroatoms. The van der Waals surface area contributed by atoms with Gasteiger partial charge in [0.25, 0.3) is 0 Å². The van der Waals surface area contributed by atoms with Gasteiger partial charge in [-0.2, -0.15) is 0 Å². The van der Waals surface area contributed by atoms with Gasteiger partial charge in [0.2, 0.25) is 11.8 Å². The first-order valence-electron chi connectivity index (χ1n) is 7.09. The molecule has 116 valence electrons. The first-order valence-corrected chi connectivity index (χ1v) is 7.09. The second-order valence-corrected chi connectivity index (χ2v) is 5.87. The van der Waals surface area contributed by atoms with E-state index < -0.39 is 5.41 Å². The summed E-state index contributed by atoms with van der Waals surface area (Å²) in [6.07, 6.45) is 0. The molecule has 2 amide bonds. The molecule has 1 rings (SSSR count). The Kier molecular flexibility index (Phi) is 5.90. The number of hydrogen-bond donors (Lipinski definition) is 3. The zero-order valence-electron chi connectivity index (χ0n) is 13.4. The van der Waals surface area contributed by atoms with Crippen LogP contribution in [0.3, 0.4) is 0 Å². The summed E-state index contributed by atoms with van der Waals surface area (Å²) in [5.74, 6) is -0.0808. The van der Waals surface area contributed by atoms with Gasteiger partial charge >= 0.3 is 0 Å². The smallest absolute Gasteiger partial charge is 0.226 e. The van der Waals surface area contributed by atoms with Crippen LogP contribution in [-0.2, 0) is 9.59 Å². The number of carbonyl (C=O) groups excluding carboxylic acids is 2. The molecule has 1 aromatic rings. The summed E-state index contributed by atoms with van der Waals surface area (Å²) in [6.45, 7) is 7.89. The number of carbonyl (C=O) groups is 2. The average molecular weight is 291 g/mol. The van der Waals surface area contributed by atoms with Gasteiger partial charge in [-0.15, -0.1) is 0 Å². The molecule has 0 spiro atoms. The van der Waals surface area contributed by atoms with E-state index in [1.807, 2.05) is 45.0 Å². The van der Waals surface area contributed by atoms with E-state index >= 15 is 0 Å². The third kappa shape index (κ3) is 5.19. The van der Waals surface area contributed by atoms with Crippen LogP contribution in [0.5, 0.6) is 0 Å². The highest BCUT2D eigenvalue weighted by Crippen LogP contribution is 2.20. The molecule has 0 aliphatic carbocycles. The van der Waals surface area contributed by atoms with Crippen LogP contribution in [0.15, 0.2) is 24.3 Å². The number of amides is 2. The molecule has 0 radical (unpaired) electrons. The first kappa shape index (κ1) is 17.2. The molecule has 0 aromatic heterocycles. The number of benzene rings is 1. The highest BCUT2D eigenvalue weighted by Gasteiger charge is 2.26. The van der Waals surface area contributed by atoms with Crippen molar-refractivity contribution in [1.82, 2.24) is 10.6 Å². The molecule has 0 saturated carbocycles.